The maximum Gasteiger partial charge on any atom is 0.0326 e. The molecule has 104 valence electrons. The monoisotopic (exact) mass is 281 g/mol. The van der Waals surface area contributed by atoms with Gasteiger partial charge in [0.05, 0.1) is 0 Å². The SMILES string of the molecule is Cc1cc2cccc3c4cccc5cc(N)cc(c(c1)c23)c54. The van der Waals surface area contributed by atoms with E-state index in [4.69, 9.17) is 5.73 Å². The fraction of sp³-hybridized carbons (Fsp3) is 0.0476. The van der Waals surface area contributed by atoms with Gasteiger partial charge in [-0.25, -0.2) is 0 Å². The van der Waals surface area contributed by atoms with Gasteiger partial charge in [-0.3, -0.25) is 0 Å². The number of hydrogen-bond donors (Lipinski definition) is 1. The lowest BCUT2D eigenvalue weighted by atomic mass is 9.89. The molecule has 5 rings (SSSR count). The molecule has 0 saturated heterocycles. The van der Waals surface area contributed by atoms with Crippen molar-refractivity contribution in [3.8, 4) is 0 Å². The van der Waals surface area contributed by atoms with E-state index in [9.17, 15) is 0 Å². The number of hydrogen-bond acceptors (Lipinski definition) is 1. The molecule has 0 bridgehead atoms. The molecule has 0 amide bonds. The lowest BCUT2D eigenvalue weighted by Crippen LogP contribution is -1.90. The summed E-state index contributed by atoms with van der Waals surface area (Å²) in [6, 6.07) is 21.8. The topological polar surface area (TPSA) is 26.0 Å². The highest BCUT2D eigenvalue weighted by Crippen LogP contribution is 2.41. The Morgan fingerprint density at radius 2 is 1.23 bits per heavy atom. The van der Waals surface area contributed by atoms with Crippen LogP contribution in [0.4, 0.5) is 5.69 Å². The fourth-order valence-electron chi connectivity index (χ4n) is 3.90. The van der Waals surface area contributed by atoms with Crippen LogP contribution in [0.25, 0.3) is 43.1 Å². The standard InChI is InChI=1S/C21H15N/c1-12-8-13-4-2-6-16-17-7-3-5-14-10-15(22)11-19(21(14)17)18(9-12)20(13)16/h2-11H,22H2,1H3. The normalized spacial score (nSPS) is 12.0. The van der Waals surface area contributed by atoms with E-state index in [2.05, 4.69) is 67.6 Å². The number of anilines is 1. The van der Waals surface area contributed by atoms with Crippen LogP contribution in [-0.2, 0) is 0 Å². The number of fused-ring (bicyclic) bond motifs is 2. The molecule has 0 radical (unpaired) electrons. The second-order valence-electron chi connectivity index (χ2n) is 6.19. The van der Waals surface area contributed by atoms with Crippen LogP contribution in [0.15, 0.2) is 60.7 Å². The number of benzene rings is 5. The van der Waals surface area contributed by atoms with Gasteiger partial charge in [0.15, 0.2) is 0 Å². The third-order valence-electron chi connectivity index (χ3n) is 4.70. The predicted molar refractivity (Wildman–Crippen MR) is 96.8 cm³/mol. The van der Waals surface area contributed by atoms with Gasteiger partial charge >= 0.3 is 0 Å². The van der Waals surface area contributed by atoms with Crippen LogP contribution in [0.3, 0.4) is 0 Å². The molecule has 22 heavy (non-hydrogen) atoms. The maximum absolute atomic E-state index is 6.16. The van der Waals surface area contributed by atoms with Crippen LogP contribution >= 0.6 is 0 Å². The van der Waals surface area contributed by atoms with E-state index in [1.54, 1.807) is 0 Å². The maximum atomic E-state index is 6.16. The Morgan fingerprint density at radius 3 is 1.91 bits per heavy atom. The summed E-state index contributed by atoms with van der Waals surface area (Å²) in [4.78, 5) is 0. The van der Waals surface area contributed by atoms with E-state index in [1.807, 2.05) is 0 Å². The van der Waals surface area contributed by atoms with Crippen molar-refractivity contribution in [2.45, 2.75) is 6.92 Å². The van der Waals surface area contributed by atoms with Crippen LogP contribution in [0.5, 0.6) is 0 Å². The van der Waals surface area contributed by atoms with Gasteiger partial charge < -0.3 is 5.73 Å². The minimum absolute atomic E-state index is 0.827. The molecular weight excluding hydrogens is 266 g/mol. The van der Waals surface area contributed by atoms with Crippen molar-refractivity contribution < 1.29 is 0 Å². The first kappa shape index (κ1) is 11.8. The lowest BCUT2D eigenvalue weighted by Gasteiger charge is -2.15. The Kier molecular flexibility index (Phi) is 2.09. The van der Waals surface area contributed by atoms with Gasteiger partial charge in [0.25, 0.3) is 0 Å². The first-order valence-corrected chi connectivity index (χ1v) is 7.59. The molecule has 1 nitrogen and oxygen atoms in total. The average Bonchev–Trinajstić information content (AvgIpc) is 2.51. The number of aryl methyl sites for hydroxylation is 1. The average molecular weight is 281 g/mol. The van der Waals surface area contributed by atoms with Gasteiger partial charge in [0.1, 0.15) is 0 Å². The molecule has 0 aliphatic carbocycles. The Balaban J connectivity index is 2.28. The van der Waals surface area contributed by atoms with Crippen molar-refractivity contribution in [2.75, 3.05) is 5.73 Å². The molecule has 2 N–H and O–H groups in total. The third kappa shape index (κ3) is 1.38. The summed E-state index contributed by atoms with van der Waals surface area (Å²) in [7, 11) is 0. The highest BCUT2D eigenvalue weighted by atomic mass is 14.5. The van der Waals surface area contributed by atoms with Crippen molar-refractivity contribution in [1.29, 1.82) is 0 Å². The Hall–Kier alpha value is -2.80. The van der Waals surface area contributed by atoms with Crippen LogP contribution < -0.4 is 5.73 Å². The fourth-order valence-corrected chi connectivity index (χ4v) is 3.90. The largest absolute Gasteiger partial charge is 0.399 e. The molecule has 5 aromatic carbocycles. The molecule has 0 aliphatic rings. The molecule has 1 heteroatoms. The Labute approximate surface area is 128 Å². The van der Waals surface area contributed by atoms with Gasteiger partial charge in [-0.15, -0.1) is 0 Å². The molecule has 0 aliphatic heterocycles. The zero-order valence-corrected chi connectivity index (χ0v) is 12.4. The van der Waals surface area contributed by atoms with Crippen LogP contribution in [-0.4, -0.2) is 0 Å². The molecule has 0 saturated carbocycles. The van der Waals surface area contributed by atoms with E-state index in [0.29, 0.717) is 0 Å². The predicted octanol–water partition coefficient (Wildman–Crippen LogP) is 5.63. The highest BCUT2D eigenvalue weighted by Gasteiger charge is 2.13. The minimum atomic E-state index is 0.827. The molecule has 0 aromatic heterocycles. The van der Waals surface area contributed by atoms with Gasteiger partial charge in [0.2, 0.25) is 0 Å². The zero-order chi connectivity index (χ0) is 14.8. The Morgan fingerprint density at radius 1 is 0.636 bits per heavy atom. The highest BCUT2D eigenvalue weighted by molar-refractivity contribution is 6.33. The molecular formula is C21H15N. The van der Waals surface area contributed by atoms with E-state index < -0.39 is 0 Å². The van der Waals surface area contributed by atoms with Gasteiger partial charge in [-0.2, -0.15) is 0 Å². The van der Waals surface area contributed by atoms with Crippen LogP contribution in [0, 0.1) is 6.92 Å². The van der Waals surface area contributed by atoms with Crippen molar-refractivity contribution in [2.24, 2.45) is 0 Å². The second-order valence-corrected chi connectivity index (χ2v) is 6.19. The lowest BCUT2D eigenvalue weighted by molar-refractivity contribution is 1.53. The van der Waals surface area contributed by atoms with Crippen molar-refractivity contribution in [3.63, 3.8) is 0 Å². The van der Waals surface area contributed by atoms with E-state index in [0.717, 1.165) is 5.69 Å². The molecule has 0 fully saturated rings. The van der Waals surface area contributed by atoms with Gasteiger partial charge in [-0.1, -0.05) is 48.5 Å². The second kappa shape index (κ2) is 3.89. The minimum Gasteiger partial charge on any atom is -0.399 e. The molecule has 0 heterocycles. The van der Waals surface area contributed by atoms with Gasteiger partial charge in [0, 0.05) is 5.69 Å². The first-order chi connectivity index (χ1) is 10.7. The molecule has 0 unspecified atom stereocenters. The molecule has 5 aromatic rings. The van der Waals surface area contributed by atoms with Crippen molar-refractivity contribution in [3.05, 3.63) is 66.2 Å². The molecule has 0 spiro atoms. The summed E-state index contributed by atoms with van der Waals surface area (Å²) >= 11 is 0. The number of nitrogens with two attached hydrogens (primary N) is 1. The summed E-state index contributed by atoms with van der Waals surface area (Å²) in [6.07, 6.45) is 0. The molecule has 0 atom stereocenters. The third-order valence-corrected chi connectivity index (χ3v) is 4.70. The van der Waals surface area contributed by atoms with Crippen LogP contribution in [0.2, 0.25) is 0 Å². The summed E-state index contributed by atoms with van der Waals surface area (Å²) < 4.78 is 0. The van der Waals surface area contributed by atoms with E-state index in [1.165, 1.54) is 48.7 Å². The van der Waals surface area contributed by atoms with E-state index >= 15 is 0 Å². The number of nitrogen functional groups attached to an aromatic ring is 1. The zero-order valence-electron chi connectivity index (χ0n) is 12.4. The van der Waals surface area contributed by atoms with Crippen molar-refractivity contribution >= 4 is 48.8 Å². The van der Waals surface area contributed by atoms with E-state index in [-0.39, 0.29) is 0 Å². The summed E-state index contributed by atoms with van der Waals surface area (Å²) in [5.41, 5.74) is 8.27. The smallest absolute Gasteiger partial charge is 0.0326 e. The first-order valence-electron chi connectivity index (χ1n) is 7.59. The van der Waals surface area contributed by atoms with Gasteiger partial charge in [-0.05, 0) is 67.7 Å². The summed E-state index contributed by atoms with van der Waals surface area (Å²) in [6.45, 7) is 2.16. The summed E-state index contributed by atoms with van der Waals surface area (Å²) in [5.74, 6) is 0. The quantitative estimate of drug-likeness (QED) is 0.222. The van der Waals surface area contributed by atoms with Crippen molar-refractivity contribution in [1.82, 2.24) is 0 Å². The Bertz CT molecular complexity index is 1090. The van der Waals surface area contributed by atoms with Crippen LogP contribution in [0.1, 0.15) is 5.56 Å². The number of rotatable bonds is 0. The summed E-state index contributed by atoms with van der Waals surface area (Å²) in [5, 5.41) is 10.4.